The SMILES string of the molecule is Cn1ncc(CNC(=O)c2cnn(-c3ccc(F)cc3F)c2)c1C(=O)O. The van der Waals surface area contributed by atoms with Crippen molar-refractivity contribution < 1.29 is 23.5 Å². The van der Waals surface area contributed by atoms with Crippen molar-refractivity contribution in [3.63, 3.8) is 0 Å². The quantitative estimate of drug-likeness (QED) is 0.717. The van der Waals surface area contributed by atoms with E-state index in [0.717, 1.165) is 10.7 Å². The van der Waals surface area contributed by atoms with E-state index in [9.17, 15) is 18.4 Å². The van der Waals surface area contributed by atoms with Crippen LogP contribution in [0.3, 0.4) is 0 Å². The second-order valence-electron chi connectivity index (χ2n) is 5.40. The summed E-state index contributed by atoms with van der Waals surface area (Å²) in [5.41, 5.74) is 0.431. The maximum absolute atomic E-state index is 13.8. The zero-order valence-corrected chi connectivity index (χ0v) is 13.5. The van der Waals surface area contributed by atoms with Gasteiger partial charge >= 0.3 is 5.97 Å². The highest BCUT2D eigenvalue weighted by Crippen LogP contribution is 2.15. The Balaban J connectivity index is 1.74. The molecule has 0 aliphatic rings. The van der Waals surface area contributed by atoms with Crippen LogP contribution in [0.15, 0.2) is 36.8 Å². The van der Waals surface area contributed by atoms with Gasteiger partial charge in [0.25, 0.3) is 5.91 Å². The third kappa shape index (κ3) is 3.29. The second kappa shape index (κ2) is 6.75. The van der Waals surface area contributed by atoms with E-state index < -0.39 is 23.5 Å². The van der Waals surface area contributed by atoms with E-state index in [4.69, 9.17) is 5.11 Å². The Kier molecular flexibility index (Phi) is 4.48. The van der Waals surface area contributed by atoms with Gasteiger partial charge < -0.3 is 10.4 Å². The molecule has 3 rings (SSSR count). The molecule has 0 aliphatic carbocycles. The number of carboxylic acids is 1. The molecule has 0 bridgehead atoms. The molecule has 0 saturated heterocycles. The number of nitrogens with one attached hydrogen (secondary N) is 1. The lowest BCUT2D eigenvalue weighted by atomic mass is 10.2. The molecule has 1 aromatic carbocycles. The molecule has 26 heavy (non-hydrogen) atoms. The van der Waals surface area contributed by atoms with Crippen LogP contribution in [0.25, 0.3) is 5.69 Å². The predicted molar refractivity (Wildman–Crippen MR) is 84.8 cm³/mol. The molecule has 8 nitrogen and oxygen atoms in total. The zero-order valence-electron chi connectivity index (χ0n) is 13.5. The van der Waals surface area contributed by atoms with Crippen molar-refractivity contribution in [2.45, 2.75) is 6.54 Å². The standard InChI is InChI=1S/C16H13F2N5O3/c1-22-14(16(25)26)9(6-20-22)5-19-15(24)10-7-21-23(8-10)13-3-2-11(17)4-12(13)18/h2-4,6-8H,5H2,1H3,(H,19,24)(H,25,26). The molecule has 0 fully saturated rings. The average molecular weight is 361 g/mol. The first-order valence-electron chi connectivity index (χ1n) is 7.39. The first-order chi connectivity index (χ1) is 12.4. The van der Waals surface area contributed by atoms with Gasteiger partial charge in [0, 0.05) is 31.4 Å². The molecule has 10 heteroatoms. The van der Waals surface area contributed by atoms with E-state index in [2.05, 4.69) is 15.5 Å². The Morgan fingerprint density at radius 2 is 2.00 bits per heavy atom. The van der Waals surface area contributed by atoms with Gasteiger partial charge in [0.05, 0.1) is 18.0 Å². The van der Waals surface area contributed by atoms with Gasteiger partial charge in [-0.15, -0.1) is 0 Å². The Morgan fingerprint density at radius 3 is 2.69 bits per heavy atom. The fourth-order valence-electron chi connectivity index (χ4n) is 2.40. The minimum Gasteiger partial charge on any atom is -0.477 e. The molecule has 0 aliphatic heterocycles. The molecule has 3 aromatic rings. The van der Waals surface area contributed by atoms with Crippen LogP contribution in [-0.2, 0) is 13.6 Å². The van der Waals surface area contributed by atoms with E-state index in [1.165, 1.54) is 36.4 Å². The summed E-state index contributed by atoms with van der Waals surface area (Å²) in [5.74, 6) is -3.23. The number of carbonyl (C=O) groups is 2. The molecular weight excluding hydrogens is 348 g/mol. The van der Waals surface area contributed by atoms with Crippen molar-refractivity contribution >= 4 is 11.9 Å². The minimum absolute atomic E-state index is 0.00845. The first kappa shape index (κ1) is 17.3. The molecule has 134 valence electrons. The van der Waals surface area contributed by atoms with Crippen LogP contribution >= 0.6 is 0 Å². The number of benzene rings is 1. The van der Waals surface area contributed by atoms with Gasteiger partial charge in [-0.3, -0.25) is 9.48 Å². The Morgan fingerprint density at radius 1 is 1.23 bits per heavy atom. The van der Waals surface area contributed by atoms with Crippen molar-refractivity contribution in [3.05, 3.63) is 65.2 Å². The van der Waals surface area contributed by atoms with Gasteiger partial charge in [0.15, 0.2) is 11.5 Å². The number of aromatic nitrogens is 4. The number of rotatable bonds is 5. The fourth-order valence-corrected chi connectivity index (χ4v) is 2.40. The number of hydrogen-bond acceptors (Lipinski definition) is 4. The normalized spacial score (nSPS) is 10.7. The molecule has 2 aromatic heterocycles. The molecule has 1 amide bonds. The smallest absolute Gasteiger partial charge is 0.354 e. The van der Waals surface area contributed by atoms with Crippen molar-refractivity contribution in [2.24, 2.45) is 7.05 Å². The summed E-state index contributed by atoms with van der Waals surface area (Å²) in [7, 11) is 1.48. The number of carbonyl (C=O) groups excluding carboxylic acids is 1. The second-order valence-corrected chi connectivity index (χ2v) is 5.40. The largest absolute Gasteiger partial charge is 0.477 e. The number of carboxylic acid groups (broad SMARTS) is 1. The Hall–Kier alpha value is -3.56. The van der Waals surface area contributed by atoms with Gasteiger partial charge in [-0.05, 0) is 12.1 Å². The molecule has 0 saturated carbocycles. The molecule has 0 unspecified atom stereocenters. The maximum atomic E-state index is 13.8. The van der Waals surface area contributed by atoms with Gasteiger partial charge in [-0.1, -0.05) is 0 Å². The molecular formula is C16H13F2N5O3. The van der Waals surface area contributed by atoms with Crippen LogP contribution in [0, 0.1) is 11.6 Å². The summed E-state index contributed by atoms with van der Waals surface area (Å²) in [6.07, 6.45) is 3.85. The van der Waals surface area contributed by atoms with Crippen LogP contribution in [0.1, 0.15) is 26.4 Å². The summed E-state index contributed by atoms with van der Waals surface area (Å²) >= 11 is 0. The third-order valence-corrected chi connectivity index (χ3v) is 3.66. The highest BCUT2D eigenvalue weighted by atomic mass is 19.1. The first-order valence-corrected chi connectivity index (χ1v) is 7.39. The van der Waals surface area contributed by atoms with Crippen LogP contribution in [0.2, 0.25) is 0 Å². The summed E-state index contributed by atoms with van der Waals surface area (Å²) in [6.45, 7) is -0.0512. The summed E-state index contributed by atoms with van der Waals surface area (Å²) in [5, 5.41) is 19.4. The molecule has 0 atom stereocenters. The van der Waals surface area contributed by atoms with Gasteiger partial charge in [-0.25, -0.2) is 18.3 Å². The topological polar surface area (TPSA) is 102 Å². The highest BCUT2D eigenvalue weighted by molar-refractivity contribution is 5.94. The van der Waals surface area contributed by atoms with E-state index in [0.29, 0.717) is 11.6 Å². The Bertz CT molecular complexity index is 996. The van der Waals surface area contributed by atoms with Crippen molar-refractivity contribution in [2.75, 3.05) is 0 Å². The average Bonchev–Trinajstić information content (AvgIpc) is 3.19. The molecule has 0 spiro atoms. The minimum atomic E-state index is -1.16. The fraction of sp³-hybridized carbons (Fsp3) is 0.125. The van der Waals surface area contributed by atoms with Gasteiger partial charge in [0.2, 0.25) is 0 Å². The summed E-state index contributed by atoms with van der Waals surface area (Å²) in [6, 6.07) is 3.00. The van der Waals surface area contributed by atoms with Gasteiger partial charge in [-0.2, -0.15) is 10.2 Å². The summed E-state index contributed by atoms with van der Waals surface area (Å²) in [4.78, 5) is 23.4. The number of amides is 1. The molecule has 0 radical (unpaired) electrons. The zero-order chi connectivity index (χ0) is 18.8. The monoisotopic (exact) mass is 361 g/mol. The van der Waals surface area contributed by atoms with Crippen LogP contribution in [0.4, 0.5) is 8.78 Å². The van der Waals surface area contributed by atoms with Crippen LogP contribution in [0.5, 0.6) is 0 Å². The number of aromatic carboxylic acids is 1. The van der Waals surface area contributed by atoms with E-state index >= 15 is 0 Å². The number of hydrogen-bond donors (Lipinski definition) is 2. The lowest BCUT2D eigenvalue weighted by Gasteiger charge is -2.04. The van der Waals surface area contributed by atoms with E-state index in [1.54, 1.807) is 0 Å². The Labute approximate surface area is 145 Å². The highest BCUT2D eigenvalue weighted by Gasteiger charge is 2.17. The lowest BCUT2D eigenvalue weighted by Crippen LogP contribution is -2.23. The molecule has 2 N–H and O–H groups in total. The van der Waals surface area contributed by atoms with Crippen molar-refractivity contribution in [1.82, 2.24) is 24.9 Å². The van der Waals surface area contributed by atoms with Crippen molar-refractivity contribution in [3.8, 4) is 5.69 Å². The number of nitrogens with zero attached hydrogens (tertiary/aromatic N) is 4. The van der Waals surface area contributed by atoms with E-state index in [1.807, 2.05) is 0 Å². The van der Waals surface area contributed by atoms with Crippen LogP contribution < -0.4 is 5.32 Å². The number of halogens is 2. The van der Waals surface area contributed by atoms with Crippen molar-refractivity contribution in [1.29, 1.82) is 0 Å². The predicted octanol–water partition coefficient (Wildman–Crippen LogP) is 1.51. The van der Waals surface area contributed by atoms with E-state index in [-0.39, 0.29) is 23.5 Å². The molecule has 2 heterocycles. The van der Waals surface area contributed by atoms with Crippen LogP contribution in [-0.4, -0.2) is 36.5 Å². The van der Waals surface area contributed by atoms with Gasteiger partial charge in [0.1, 0.15) is 11.5 Å². The lowest BCUT2D eigenvalue weighted by molar-refractivity contribution is 0.0682. The number of aryl methyl sites for hydroxylation is 1. The third-order valence-electron chi connectivity index (χ3n) is 3.66. The maximum Gasteiger partial charge on any atom is 0.354 e. The summed E-state index contributed by atoms with van der Waals surface area (Å²) < 4.78 is 29.0.